The van der Waals surface area contributed by atoms with E-state index in [4.69, 9.17) is 0 Å². The molecular formula is C30H28. The molecule has 148 valence electrons. The monoisotopic (exact) mass is 388 g/mol. The summed E-state index contributed by atoms with van der Waals surface area (Å²) in [5, 5.41) is 0. The van der Waals surface area contributed by atoms with E-state index in [1.54, 1.807) is 0 Å². The molecule has 2 aliphatic carbocycles. The van der Waals surface area contributed by atoms with Gasteiger partial charge in [-0.15, -0.1) is 6.58 Å². The molecule has 30 heavy (non-hydrogen) atoms. The highest BCUT2D eigenvalue weighted by Crippen LogP contribution is 2.59. The van der Waals surface area contributed by atoms with Crippen LogP contribution in [0.15, 0.2) is 115 Å². The maximum atomic E-state index is 4.08. The zero-order valence-electron chi connectivity index (χ0n) is 17.6. The molecule has 1 unspecified atom stereocenters. The normalized spacial score (nSPS) is 17.0. The third kappa shape index (κ3) is 2.82. The minimum absolute atomic E-state index is 0.0909. The van der Waals surface area contributed by atoms with E-state index in [0.717, 1.165) is 19.3 Å². The van der Waals surface area contributed by atoms with Gasteiger partial charge >= 0.3 is 0 Å². The molecule has 0 amide bonds. The molecule has 0 aliphatic heterocycles. The number of allylic oxidation sites excluding steroid dienone is 5. The SMILES string of the molecule is C=CCCC(C1=CC(C)=CC1)(c1ccccc1)C1c2ccccc2-c2ccccc21. The van der Waals surface area contributed by atoms with E-state index in [9.17, 15) is 0 Å². The van der Waals surface area contributed by atoms with Crippen LogP contribution in [0, 0.1) is 0 Å². The van der Waals surface area contributed by atoms with Gasteiger partial charge in [0, 0.05) is 11.3 Å². The summed E-state index contributed by atoms with van der Waals surface area (Å²) in [6.07, 6.45) is 9.99. The molecule has 0 aromatic heterocycles. The maximum absolute atomic E-state index is 4.08. The Morgan fingerprint density at radius 2 is 1.47 bits per heavy atom. The summed E-state index contributed by atoms with van der Waals surface area (Å²) >= 11 is 0. The maximum Gasteiger partial charge on any atom is 0.0280 e. The minimum Gasteiger partial charge on any atom is -0.103 e. The highest BCUT2D eigenvalue weighted by Gasteiger charge is 2.48. The predicted octanol–water partition coefficient (Wildman–Crippen LogP) is 7.98. The lowest BCUT2D eigenvalue weighted by atomic mass is 9.59. The average molecular weight is 389 g/mol. The molecule has 0 fully saturated rings. The van der Waals surface area contributed by atoms with Crippen molar-refractivity contribution in [3.8, 4) is 11.1 Å². The third-order valence-corrected chi connectivity index (χ3v) is 6.98. The van der Waals surface area contributed by atoms with Crippen molar-refractivity contribution >= 4 is 0 Å². The third-order valence-electron chi connectivity index (χ3n) is 6.98. The van der Waals surface area contributed by atoms with Crippen molar-refractivity contribution < 1.29 is 0 Å². The first kappa shape index (κ1) is 18.9. The summed E-state index contributed by atoms with van der Waals surface area (Å²) in [5.74, 6) is 0.304. The van der Waals surface area contributed by atoms with Gasteiger partial charge in [0.1, 0.15) is 0 Å². The van der Waals surface area contributed by atoms with Gasteiger partial charge in [0.2, 0.25) is 0 Å². The van der Waals surface area contributed by atoms with Gasteiger partial charge in [-0.1, -0.05) is 108 Å². The molecule has 2 aliphatic rings. The molecule has 3 aromatic carbocycles. The van der Waals surface area contributed by atoms with Gasteiger partial charge in [0.25, 0.3) is 0 Å². The molecule has 0 nitrogen and oxygen atoms in total. The molecule has 0 spiro atoms. The Balaban J connectivity index is 1.83. The molecule has 3 aromatic rings. The Kier molecular flexibility index (Phi) is 4.79. The molecule has 0 heterocycles. The van der Waals surface area contributed by atoms with E-state index in [1.165, 1.54) is 39.0 Å². The smallest absolute Gasteiger partial charge is 0.0280 e. The molecular weight excluding hydrogens is 360 g/mol. The largest absolute Gasteiger partial charge is 0.103 e. The summed E-state index contributed by atoms with van der Waals surface area (Å²) in [6.45, 7) is 6.31. The zero-order valence-corrected chi connectivity index (χ0v) is 17.6. The molecule has 1 atom stereocenters. The fourth-order valence-corrected chi connectivity index (χ4v) is 5.71. The second-order valence-electron chi connectivity index (χ2n) is 8.59. The van der Waals surface area contributed by atoms with E-state index in [0.29, 0.717) is 5.92 Å². The molecule has 0 heteroatoms. The van der Waals surface area contributed by atoms with Crippen LogP contribution in [0.25, 0.3) is 11.1 Å². The Labute approximate surface area is 180 Å². The number of rotatable bonds is 6. The van der Waals surface area contributed by atoms with Crippen molar-refractivity contribution in [1.29, 1.82) is 0 Å². The van der Waals surface area contributed by atoms with Crippen molar-refractivity contribution in [1.82, 2.24) is 0 Å². The van der Waals surface area contributed by atoms with Crippen LogP contribution >= 0.6 is 0 Å². The van der Waals surface area contributed by atoms with Crippen molar-refractivity contribution in [2.24, 2.45) is 0 Å². The lowest BCUT2D eigenvalue weighted by molar-refractivity contribution is 0.413. The van der Waals surface area contributed by atoms with Gasteiger partial charge in [-0.05, 0) is 54.0 Å². The van der Waals surface area contributed by atoms with E-state index in [2.05, 4.69) is 111 Å². The summed E-state index contributed by atoms with van der Waals surface area (Å²) < 4.78 is 0. The van der Waals surface area contributed by atoms with Crippen LogP contribution in [0.5, 0.6) is 0 Å². The van der Waals surface area contributed by atoms with E-state index >= 15 is 0 Å². The summed E-state index contributed by atoms with van der Waals surface area (Å²) in [4.78, 5) is 0. The fourth-order valence-electron chi connectivity index (χ4n) is 5.71. The molecule has 5 rings (SSSR count). The van der Waals surface area contributed by atoms with E-state index in [-0.39, 0.29) is 5.41 Å². The molecule has 0 N–H and O–H groups in total. The highest BCUT2D eigenvalue weighted by atomic mass is 14.5. The van der Waals surface area contributed by atoms with Gasteiger partial charge in [-0.25, -0.2) is 0 Å². The second-order valence-corrected chi connectivity index (χ2v) is 8.59. The predicted molar refractivity (Wildman–Crippen MR) is 128 cm³/mol. The molecule has 0 saturated heterocycles. The van der Waals surface area contributed by atoms with Crippen LogP contribution in [-0.4, -0.2) is 0 Å². The van der Waals surface area contributed by atoms with Crippen molar-refractivity contribution in [3.63, 3.8) is 0 Å². The Bertz CT molecular complexity index is 1100. The van der Waals surface area contributed by atoms with Gasteiger partial charge in [0.15, 0.2) is 0 Å². The van der Waals surface area contributed by atoms with Gasteiger partial charge < -0.3 is 0 Å². The lowest BCUT2D eigenvalue weighted by Crippen LogP contribution is -2.35. The van der Waals surface area contributed by atoms with E-state index in [1.807, 2.05) is 0 Å². The summed E-state index contributed by atoms with van der Waals surface area (Å²) in [6, 6.07) is 29.2. The van der Waals surface area contributed by atoms with Crippen LogP contribution in [0.4, 0.5) is 0 Å². The first-order chi connectivity index (χ1) is 14.8. The fraction of sp³-hybridized carbons (Fsp3) is 0.200. The Morgan fingerprint density at radius 3 is 2.03 bits per heavy atom. The zero-order chi connectivity index (χ0) is 20.6. The van der Waals surface area contributed by atoms with Crippen LogP contribution in [0.3, 0.4) is 0 Å². The van der Waals surface area contributed by atoms with Gasteiger partial charge in [-0.3, -0.25) is 0 Å². The van der Waals surface area contributed by atoms with Gasteiger partial charge in [0.05, 0.1) is 0 Å². The number of hydrogen-bond acceptors (Lipinski definition) is 0. The van der Waals surface area contributed by atoms with Crippen LogP contribution < -0.4 is 0 Å². The topological polar surface area (TPSA) is 0 Å². The van der Waals surface area contributed by atoms with Crippen molar-refractivity contribution in [2.75, 3.05) is 0 Å². The van der Waals surface area contributed by atoms with Crippen molar-refractivity contribution in [2.45, 2.75) is 37.5 Å². The van der Waals surface area contributed by atoms with Gasteiger partial charge in [-0.2, -0.15) is 0 Å². The summed E-state index contributed by atoms with van der Waals surface area (Å²) in [7, 11) is 0. The summed E-state index contributed by atoms with van der Waals surface area (Å²) in [5.41, 5.74) is 9.92. The highest BCUT2D eigenvalue weighted by molar-refractivity contribution is 5.80. The second kappa shape index (κ2) is 7.61. The standard InChI is InChI=1S/C30H28/c1-3-4-20-30(23-12-6-5-7-13-23,24-19-18-22(2)21-24)29-27-16-10-8-14-25(27)26-15-9-11-17-28(26)29/h3,5-18,21,29H,1,4,19-20H2,2H3. The first-order valence-corrected chi connectivity index (χ1v) is 11.0. The number of hydrogen-bond donors (Lipinski definition) is 0. The number of benzene rings is 3. The average Bonchev–Trinajstić information content (AvgIpc) is 3.38. The van der Waals surface area contributed by atoms with E-state index < -0.39 is 0 Å². The minimum atomic E-state index is -0.0909. The molecule has 0 radical (unpaired) electrons. The first-order valence-electron chi connectivity index (χ1n) is 11.0. The molecule has 0 saturated carbocycles. The Morgan fingerprint density at radius 1 is 0.867 bits per heavy atom. The van der Waals surface area contributed by atoms with Crippen LogP contribution in [-0.2, 0) is 5.41 Å². The van der Waals surface area contributed by atoms with Crippen LogP contribution in [0.1, 0.15) is 48.8 Å². The Hall–Kier alpha value is -3.12. The molecule has 0 bridgehead atoms. The quantitative estimate of drug-likeness (QED) is 0.375. The number of fused-ring (bicyclic) bond motifs is 3. The lowest BCUT2D eigenvalue weighted by Gasteiger charge is -2.43. The van der Waals surface area contributed by atoms with Crippen LogP contribution in [0.2, 0.25) is 0 Å². The van der Waals surface area contributed by atoms with Crippen molar-refractivity contribution in [3.05, 3.63) is 132 Å².